The van der Waals surface area contributed by atoms with Crippen molar-refractivity contribution in [3.63, 3.8) is 0 Å². The smallest absolute Gasteiger partial charge is 0.410 e. The van der Waals surface area contributed by atoms with Crippen molar-refractivity contribution < 1.29 is 9.53 Å². The second-order valence-electron chi connectivity index (χ2n) is 6.52. The minimum Gasteiger partial charge on any atom is -0.444 e. The van der Waals surface area contributed by atoms with E-state index in [2.05, 4.69) is 0 Å². The maximum Gasteiger partial charge on any atom is 0.410 e. The topological polar surface area (TPSA) is 55.6 Å². The van der Waals surface area contributed by atoms with Crippen LogP contribution in [0, 0.1) is 5.41 Å². The fourth-order valence-corrected chi connectivity index (χ4v) is 2.65. The molecule has 2 rings (SSSR count). The lowest BCUT2D eigenvalue weighted by Gasteiger charge is -2.39. The Labute approximate surface area is 103 Å². The Morgan fingerprint density at radius 2 is 2.06 bits per heavy atom. The number of ether oxygens (including phenoxy) is 1. The quantitative estimate of drug-likeness (QED) is 0.764. The number of likely N-dealkylation sites (tertiary alicyclic amines) is 1. The molecular formula is C13H24N2O2. The number of hydrogen-bond acceptors (Lipinski definition) is 3. The average Bonchev–Trinajstić information content (AvgIpc) is 2.95. The van der Waals surface area contributed by atoms with E-state index in [1.54, 1.807) is 0 Å². The van der Waals surface area contributed by atoms with Crippen LogP contribution in [0.1, 0.15) is 46.5 Å². The molecule has 4 nitrogen and oxygen atoms in total. The molecule has 1 amide bonds. The number of nitrogens with zero attached hydrogens (tertiary/aromatic N) is 1. The SMILES string of the molecule is CC(C)(C)OC(=O)N1CCC2(CC2)CC1CN. The van der Waals surface area contributed by atoms with E-state index >= 15 is 0 Å². The Balaban J connectivity index is 1.97. The average molecular weight is 240 g/mol. The number of piperidine rings is 1. The summed E-state index contributed by atoms with van der Waals surface area (Å²) in [5, 5.41) is 0. The third-order valence-electron chi connectivity index (χ3n) is 3.85. The summed E-state index contributed by atoms with van der Waals surface area (Å²) in [4.78, 5) is 13.9. The number of carbonyl (C=O) groups excluding carboxylic acids is 1. The molecule has 17 heavy (non-hydrogen) atoms. The van der Waals surface area contributed by atoms with Crippen LogP contribution in [0.3, 0.4) is 0 Å². The Bertz CT molecular complexity index is 305. The fraction of sp³-hybridized carbons (Fsp3) is 0.923. The van der Waals surface area contributed by atoms with Crippen LogP contribution in [0.15, 0.2) is 0 Å². The summed E-state index contributed by atoms with van der Waals surface area (Å²) >= 11 is 0. The lowest BCUT2D eigenvalue weighted by Crippen LogP contribution is -2.51. The van der Waals surface area contributed by atoms with Crippen molar-refractivity contribution in [2.75, 3.05) is 13.1 Å². The monoisotopic (exact) mass is 240 g/mol. The lowest BCUT2D eigenvalue weighted by atomic mass is 9.88. The zero-order valence-electron chi connectivity index (χ0n) is 11.2. The molecule has 0 bridgehead atoms. The Morgan fingerprint density at radius 1 is 1.41 bits per heavy atom. The maximum atomic E-state index is 12.1. The number of amides is 1. The van der Waals surface area contributed by atoms with Gasteiger partial charge in [0.05, 0.1) is 0 Å². The van der Waals surface area contributed by atoms with Crippen molar-refractivity contribution >= 4 is 6.09 Å². The third kappa shape index (κ3) is 2.92. The van der Waals surface area contributed by atoms with E-state index < -0.39 is 5.60 Å². The standard InChI is InChI=1S/C13H24N2O2/c1-12(2,3)17-11(16)15-7-6-13(4-5-13)8-10(15)9-14/h10H,4-9,14H2,1-3H3. The van der Waals surface area contributed by atoms with Crippen molar-refractivity contribution in [2.45, 2.75) is 58.1 Å². The van der Waals surface area contributed by atoms with Crippen LogP contribution in [0.25, 0.3) is 0 Å². The van der Waals surface area contributed by atoms with Crippen molar-refractivity contribution in [1.29, 1.82) is 0 Å². The minimum absolute atomic E-state index is 0.168. The van der Waals surface area contributed by atoms with Gasteiger partial charge >= 0.3 is 6.09 Å². The van der Waals surface area contributed by atoms with Crippen LogP contribution >= 0.6 is 0 Å². The van der Waals surface area contributed by atoms with Gasteiger partial charge in [-0.05, 0) is 51.9 Å². The van der Waals surface area contributed by atoms with Gasteiger partial charge in [-0.1, -0.05) is 0 Å². The first-order valence-corrected chi connectivity index (χ1v) is 6.55. The lowest BCUT2D eigenvalue weighted by molar-refractivity contribution is 0.00405. The largest absolute Gasteiger partial charge is 0.444 e. The molecule has 1 spiro atoms. The summed E-state index contributed by atoms with van der Waals surface area (Å²) in [5.41, 5.74) is 5.89. The molecule has 1 saturated heterocycles. The first-order chi connectivity index (χ1) is 7.85. The second kappa shape index (κ2) is 4.16. The summed E-state index contributed by atoms with van der Waals surface area (Å²) in [6, 6.07) is 0.168. The first-order valence-electron chi connectivity index (χ1n) is 6.55. The Morgan fingerprint density at radius 3 is 2.53 bits per heavy atom. The zero-order chi connectivity index (χ0) is 12.7. The van der Waals surface area contributed by atoms with Crippen LogP contribution in [0.2, 0.25) is 0 Å². The Hall–Kier alpha value is -0.770. The minimum atomic E-state index is -0.426. The van der Waals surface area contributed by atoms with E-state index in [4.69, 9.17) is 10.5 Å². The molecule has 1 aliphatic heterocycles. The molecule has 0 aromatic rings. The molecular weight excluding hydrogens is 216 g/mol. The van der Waals surface area contributed by atoms with Crippen LogP contribution in [-0.2, 0) is 4.74 Å². The number of nitrogens with two attached hydrogens (primary N) is 1. The number of rotatable bonds is 1. The van der Waals surface area contributed by atoms with Gasteiger partial charge in [-0.2, -0.15) is 0 Å². The van der Waals surface area contributed by atoms with Gasteiger partial charge in [0.1, 0.15) is 5.60 Å². The third-order valence-corrected chi connectivity index (χ3v) is 3.85. The van der Waals surface area contributed by atoms with Gasteiger partial charge in [-0.3, -0.25) is 0 Å². The molecule has 0 radical (unpaired) electrons. The fourth-order valence-electron chi connectivity index (χ4n) is 2.65. The normalized spacial score (nSPS) is 27.1. The van der Waals surface area contributed by atoms with Crippen molar-refractivity contribution in [3.05, 3.63) is 0 Å². The molecule has 1 unspecified atom stereocenters. The van der Waals surface area contributed by atoms with Crippen LogP contribution in [0.4, 0.5) is 4.79 Å². The molecule has 0 aromatic carbocycles. The van der Waals surface area contributed by atoms with Gasteiger partial charge in [0.15, 0.2) is 0 Å². The molecule has 4 heteroatoms. The summed E-state index contributed by atoms with van der Waals surface area (Å²) < 4.78 is 5.43. The molecule has 2 N–H and O–H groups in total. The van der Waals surface area contributed by atoms with E-state index in [0.717, 1.165) is 19.4 Å². The van der Waals surface area contributed by atoms with E-state index in [9.17, 15) is 4.79 Å². The molecule has 2 aliphatic rings. The van der Waals surface area contributed by atoms with Crippen molar-refractivity contribution in [2.24, 2.45) is 11.1 Å². The van der Waals surface area contributed by atoms with Gasteiger partial charge in [-0.15, -0.1) is 0 Å². The molecule has 2 fully saturated rings. The molecule has 1 atom stereocenters. The molecule has 0 aromatic heterocycles. The van der Waals surface area contributed by atoms with E-state index in [1.807, 2.05) is 25.7 Å². The summed E-state index contributed by atoms with van der Waals surface area (Å²) in [6.07, 6.45) is 4.59. The van der Waals surface area contributed by atoms with Crippen LogP contribution < -0.4 is 5.73 Å². The first kappa shape index (κ1) is 12.7. The van der Waals surface area contributed by atoms with Gasteiger partial charge in [-0.25, -0.2) is 4.79 Å². The van der Waals surface area contributed by atoms with Gasteiger partial charge in [0.2, 0.25) is 0 Å². The maximum absolute atomic E-state index is 12.1. The van der Waals surface area contributed by atoms with Gasteiger partial charge < -0.3 is 15.4 Å². The highest BCUT2D eigenvalue weighted by atomic mass is 16.6. The van der Waals surface area contributed by atoms with Crippen molar-refractivity contribution in [3.8, 4) is 0 Å². The summed E-state index contributed by atoms with van der Waals surface area (Å²) in [7, 11) is 0. The van der Waals surface area contributed by atoms with E-state index in [-0.39, 0.29) is 12.1 Å². The molecule has 1 aliphatic carbocycles. The Kier molecular flexibility index (Phi) is 3.10. The highest BCUT2D eigenvalue weighted by Gasteiger charge is 2.49. The highest BCUT2D eigenvalue weighted by molar-refractivity contribution is 5.68. The molecule has 1 saturated carbocycles. The van der Waals surface area contributed by atoms with Gasteiger partial charge in [0.25, 0.3) is 0 Å². The number of hydrogen-bond donors (Lipinski definition) is 1. The number of carbonyl (C=O) groups is 1. The summed E-state index contributed by atoms with van der Waals surface area (Å²) in [5.74, 6) is 0. The molecule has 98 valence electrons. The predicted molar refractivity (Wildman–Crippen MR) is 66.7 cm³/mol. The van der Waals surface area contributed by atoms with E-state index in [0.29, 0.717) is 12.0 Å². The van der Waals surface area contributed by atoms with Gasteiger partial charge in [0, 0.05) is 19.1 Å². The van der Waals surface area contributed by atoms with Crippen LogP contribution in [-0.4, -0.2) is 35.7 Å². The zero-order valence-corrected chi connectivity index (χ0v) is 11.2. The van der Waals surface area contributed by atoms with Crippen LogP contribution in [0.5, 0.6) is 0 Å². The predicted octanol–water partition coefficient (Wildman–Crippen LogP) is 2.12. The highest BCUT2D eigenvalue weighted by Crippen LogP contribution is 2.55. The summed E-state index contributed by atoms with van der Waals surface area (Å²) in [6.45, 7) is 7.04. The second-order valence-corrected chi connectivity index (χ2v) is 6.52. The van der Waals surface area contributed by atoms with E-state index in [1.165, 1.54) is 12.8 Å². The molecule has 1 heterocycles. The van der Waals surface area contributed by atoms with Crippen molar-refractivity contribution in [1.82, 2.24) is 4.90 Å².